The molecule has 0 N–H and O–H groups in total. The maximum absolute atomic E-state index is 13.4. The van der Waals surface area contributed by atoms with Crippen LogP contribution < -0.4 is 10.6 Å². The minimum atomic E-state index is -2.94. The van der Waals surface area contributed by atoms with Gasteiger partial charge in [-0.25, -0.2) is 0 Å². The van der Waals surface area contributed by atoms with Gasteiger partial charge >= 0.3 is 0 Å². The highest BCUT2D eigenvalue weighted by Gasteiger charge is 2.24. The zero-order valence-corrected chi connectivity index (χ0v) is 12.6. The minimum Gasteiger partial charge on any atom is -0.365 e. The van der Waals surface area contributed by atoms with Gasteiger partial charge in [0.1, 0.15) is 6.61 Å². The van der Waals surface area contributed by atoms with E-state index in [0.717, 1.165) is 10.6 Å². The fourth-order valence-electron chi connectivity index (χ4n) is 1.89. The Morgan fingerprint density at radius 3 is 2.00 bits per heavy atom. The molecule has 0 aliphatic rings. The molecule has 0 saturated heterocycles. The van der Waals surface area contributed by atoms with Gasteiger partial charge in [-0.2, -0.15) is 0 Å². The topological polar surface area (TPSA) is 26.3 Å². The van der Waals surface area contributed by atoms with E-state index in [1.165, 1.54) is 0 Å². The van der Waals surface area contributed by atoms with Gasteiger partial charge in [-0.1, -0.05) is 72.7 Å². The van der Waals surface area contributed by atoms with Gasteiger partial charge in [-0.3, -0.25) is 4.57 Å². The highest BCUT2D eigenvalue weighted by atomic mass is 31.2. The predicted octanol–water partition coefficient (Wildman–Crippen LogP) is 3.16. The first-order valence-electron chi connectivity index (χ1n) is 6.67. The summed E-state index contributed by atoms with van der Waals surface area (Å²) in [6.45, 7) is 4.26. The maximum Gasteiger partial charge on any atom is 0.210 e. The lowest BCUT2D eigenvalue weighted by atomic mass is 10.4. The van der Waals surface area contributed by atoms with Crippen LogP contribution in [-0.2, 0) is 9.30 Å². The maximum atomic E-state index is 13.4. The molecular weight excluding hydrogens is 279 g/mol. The van der Waals surface area contributed by atoms with Crippen LogP contribution in [0.3, 0.4) is 0 Å². The summed E-state index contributed by atoms with van der Waals surface area (Å²) in [7, 11) is -2.94. The van der Waals surface area contributed by atoms with Crippen LogP contribution in [0.5, 0.6) is 0 Å². The van der Waals surface area contributed by atoms with Crippen molar-refractivity contribution in [3.05, 3.63) is 73.3 Å². The highest BCUT2D eigenvalue weighted by Crippen LogP contribution is 2.41. The first kappa shape index (κ1) is 15.3. The average molecular weight is 296 g/mol. The van der Waals surface area contributed by atoms with Gasteiger partial charge < -0.3 is 4.74 Å². The Kier molecular flexibility index (Phi) is 5.58. The second-order valence-electron chi connectivity index (χ2n) is 4.37. The third-order valence-corrected chi connectivity index (χ3v) is 5.41. The lowest BCUT2D eigenvalue weighted by Gasteiger charge is -2.12. The third-order valence-electron chi connectivity index (χ3n) is 2.89. The van der Waals surface area contributed by atoms with Crippen molar-refractivity contribution < 1.29 is 9.30 Å². The second-order valence-corrected chi connectivity index (χ2v) is 6.85. The van der Waals surface area contributed by atoms with Crippen molar-refractivity contribution in [2.75, 3.05) is 13.2 Å². The van der Waals surface area contributed by atoms with Crippen LogP contribution in [0.2, 0.25) is 0 Å². The van der Waals surface area contributed by atoms with E-state index < -0.39 is 7.14 Å². The van der Waals surface area contributed by atoms with Crippen LogP contribution >= 0.6 is 7.14 Å². The van der Waals surface area contributed by atoms with Crippen molar-refractivity contribution in [2.45, 2.75) is 0 Å². The molecule has 0 aliphatic carbocycles. The molecule has 0 spiro atoms. The number of ether oxygens (including phenoxy) is 1. The second kappa shape index (κ2) is 7.64. The molecule has 0 aromatic heterocycles. The van der Waals surface area contributed by atoms with Crippen LogP contribution in [0, 0.1) is 11.6 Å². The van der Waals surface area contributed by atoms with Gasteiger partial charge in [0.25, 0.3) is 0 Å². The monoisotopic (exact) mass is 296 g/mol. The van der Waals surface area contributed by atoms with Crippen molar-refractivity contribution in [1.82, 2.24) is 0 Å². The van der Waals surface area contributed by atoms with Crippen molar-refractivity contribution in [3.8, 4) is 11.6 Å². The van der Waals surface area contributed by atoms with E-state index in [-0.39, 0.29) is 6.61 Å². The van der Waals surface area contributed by atoms with E-state index in [0.29, 0.717) is 6.61 Å². The summed E-state index contributed by atoms with van der Waals surface area (Å²) in [5.74, 6) is 2.87. The lowest BCUT2D eigenvalue weighted by Crippen LogP contribution is -2.14. The van der Waals surface area contributed by atoms with E-state index in [2.05, 4.69) is 18.2 Å². The van der Waals surface area contributed by atoms with E-state index in [4.69, 9.17) is 4.74 Å². The third kappa shape index (κ3) is 3.95. The summed E-state index contributed by atoms with van der Waals surface area (Å²) >= 11 is 0. The Balaban J connectivity index is 2.36. The Bertz CT molecular complexity index is 638. The molecule has 2 nitrogen and oxygen atoms in total. The smallest absolute Gasteiger partial charge is 0.210 e. The van der Waals surface area contributed by atoms with Gasteiger partial charge in [-0.05, 0) is 5.66 Å². The molecule has 106 valence electrons. The standard InChI is InChI=1S/C18H17O2P/c1-2-14-20-15-9-16-21(19,17-10-5-3-6-11-17)18-12-7-4-8-13-18/h2-8,10-13H,1,14-15H2. The van der Waals surface area contributed by atoms with Crippen molar-refractivity contribution in [1.29, 1.82) is 0 Å². The Morgan fingerprint density at radius 2 is 1.52 bits per heavy atom. The Hall–Kier alpha value is -2.07. The van der Waals surface area contributed by atoms with Gasteiger partial charge in [0.05, 0.1) is 6.61 Å². The van der Waals surface area contributed by atoms with Gasteiger partial charge in [-0.15, -0.1) is 6.58 Å². The summed E-state index contributed by atoms with van der Waals surface area (Å²) < 4.78 is 18.6. The quantitative estimate of drug-likeness (QED) is 0.367. The molecule has 0 unspecified atom stereocenters. The molecule has 0 aliphatic heterocycles. The molecular formula is C18H17O2P. The Morgan fingerprint density at radius 1 is 1.00 bits per heavy atom. The Labute approximate surface area is 125 Å². The molecule has 0 heterocycles. The van der Waals surface area contributed by atoms with Crippen LogP contribution in [0.25, 0.3) is 0 Å². The summed E-state index contributed by atoms with van der Waals surface area (Å²) in [5.41, 5.74) is 2.93. The van der Waals surface area contributed by atoms with Gasteiger partial charge in [0, 0.05) is 10.6 Å². The van der Waals surface area contributed by atoms with Crippen molar-refractivity contribution >= 4 is 17.8 Å². The molecule has 2 rings (SSSR count). The number of hydrogen-bond acceptors (Lipinski definition) is 2. The number of benzene rings is 2. The number of rotatable bonds is 5. The number of hydrogen-bond donors (Lipinski definition) is 0. The molecule has 2 aromatic carbocycles. The average Bonchev–Trinajstić information content (AvgIpc) is 2.56. The molecule has 3 heteroatoms. The van der Waals surface area contributed by atoms with E-state index >= 15 is 0 Å². The van der Waals surface area contributed by atoms with E-state index in [9.17, 15) is 4.57 Å². The van der Waals surface area contributed by atoms with Crippen LogP contribution in [-0.4, -0.2) is 13.2 Å². The van der Waals surface area contributed by atoms with E-state index in [1.807, 2.05) is 60.7 Å². The van der Waals surface area contributed by atoms with Crippen LogP contribution in [0.1, 0.15) is 0 Å². The van der Waals surface area contributed by atoms with Crippen LogP contribution in [0.15, 0.2) is 73.3 Å². The summed E-state index contributed by atoms with van der Waals surface area (Å²) in [4.78, 5) is 0. The summed E-state index contributed by atoms with van der Waals surface area (Å²) in [5, 5.41) is 1.49. The molecule has 0 fully saturated rings. The molecule has 0 saturated carbocycles. The zero-order chi connectivity index (χ0) is 15.0. The fourth-order valence-corrected chi connectivity index (χ4v) is 3.92. The van der Waals surface area contributed by atoms with E-state index in [1.54, 1.807) is 6.08 Å². The lowest BCUT2D eigenvalue weighted by molar-refractivity contribution is 0.199. The summed E-state index contributed by atoms with van der Waals surface area (Å²) in [6, 6.07) is 18.7. The minimum absolute atomic E-state index is 0.246. The van der Waals surface area contributed by atoms with Crippen molar-refractivity contribution in [3.63, 3.8) is 0 Å². The SMILES string of the molecule is C=CCOCC#CP(=O)(c1ccccc1)c1ccccc1. The van der Waals surface area contributed by atoms with Crippen molar-refractivity contribution in [2.24, 2.45) is 0 Å². The molecule has 0 bridgehead atoms. The summed E-state index contributed by atoms with van der Waals surface area (Å²) in [6.07, 6.45) is 1.66. The molecule has 0 radical (unpaired) electrons. The predicted molar refractivity (Wildman–Crippen MR) is 88.6 cm³/mol. The normalized spacial score (nSPS) is 10.5. The molecule has 21 heavy (non-hydrogen) atoms. The first-order chi connectivity index (χ1) is 10.3. The van der Waals surface area contributed by atoms with Crippen LogP contribution in [0.4, 0.5) is 0 Å². The molecule has 2 aromatic rings. The molecule has 0 atom stereocenters. The zero-order valence-electron chi connectivity index (χ0n) is 11.7. The van der Waals surface area contributed by atoms with Gasteiger partial charge in [0.15, 0.2) is 0 Å². The first-order valence-corrected chi connectivity index (χ1v) is 8.38. The molecule has 0 amide bonds. The highest BCUT2D eigenvalue weighted by molar-refractivity contribution is 7.83. The largest absolute Gasteiger partial charge is 0.365 e. The fraction of sp³-hybridized carbons (Fsp3) is 0.111. The van der Waals surface area contributed by atoms with Gasteiger partial charge in [0.2, 0.25) is 7.14 Å².